The van der Waals surface area contributed by atoms with Crippen molar-refractivity contribution in [1.29, 1.82) is 0 Å². The molecule has 1 heteroatoms. The maximum absolute atomic E-state index is 2.55. The average Bonchev–Trinajstić information content (AvgIpc) is 2.80. The zero-order valence-corrected chi connectivity index (χ0v) is 22.2. The molecule has 0 nitrogen and oxygen atoms in total. The molecule has 2 aliphatic carbocycles. The Morgan fingerprint density at radius 2 is 1.28 bits per heavy atom. The molecule has 0 aromatic heterocycles. The van der Waals surface area contributed by atoms with Crippen LogP contribution in [-0.2, 0) is 0 Å². The Balaban J connectivity index is 1.86. The summed E-state index contributed by atoms with van der Waals surface area (Å²) < 4.78 is 0. The van der Waals surface area contributed by atoms with E-state index in [1.165, 1.54) is 75.3 Å². The Morgan fingerprint density at radius 1 is 0.719 bits per heavy atom. The van der Waals surface area contributed by atoms with Crippen LogP contribution < -0.4 is 5.30 Å². The van der Waals surface area contributed by atoms with Crippen molar-refractivity contribution in [2.45, 2.75) is 122 Å². The lowest BCUT2D eigenvalue weighted by Gasteiger charge is -2.40. The summed E-state index contributed by atoms with van der Waals surface area (Å²) >= 11 is 0. The van der Waals surface area contributed by atoms with Gasteiger partial charge in [0.2, 0.25) is 0 Å². The first kappa shape index (κ1) is 24.0. The Kier molecular flexibility index (Phi) is 8.15. The van der Waals surface area contributed by atoms with Crippen LogP contribution in [0.15, 0.2) is 36.4 Å². The van der Waals surface area contributed by atoms with Gasteiger partial charge in [-0.2, -0.15) is 0 Å². The number of hydrogen-bond acceptors (Lipinski definition) is 0. The molecule has 2 fully saturated rings. The van der Waals surface area contributed by atoms with Crippen molar-refractivity contribution in [3.8, 4) is 11.1 Å². The van der Waals surface area contributed by atoms with Gasteiger partial charge in [-0.1, -0.05) is 111 Å². The largest absolute Gasteiger partial charge is 0.0683 e. The maximum atomic E-state index is 2.55. The third kappa shape index (κ3) is 5.17. The summed E-state index contributed by atoms with van der Waals surface area (Å²) in [6, 6.07) is 14.7. The third-order valence-electron chi connectivity index (χ3n) is 8.06. The zero-order valence-electron chi connectivity index (χ0n) is 21.3. The van der Waals surface area contributed by atoms with Gasteiger partial charge in [0, 0.05) is 0 Å². The molecular weight excluding hydrogens is 403 g/mol. The van der Waals surface area contributed by atoms with Crippen molar-refractivity contribution in [3.05, 3.63) is 53.1 Å². The monoisotopic (exact) mass is 448 g/mol. The lowest BCUT2D eigenvalue weighted by atomic mass is 9.85. The summed E-state index contributed by atoms with van der Waals surface area (Å²) in [4.78, 5) is 0. The van der Waals surface area contributed by atoms with E-state index >= 15 is 0 Å². The van der Waals surface area contributed by atoms with Crippen LogP contribution in [0.5, 0.6) is 0 Å². The smallest absolute Gasteiger partial charge is 0.0101 e. The lowest BCUT2D eigenvalue weighted by molar-refractivity contribution is 0.487. The molecule has 0 aliphatic heterocycles. The highest BCUT2D eigenvalue weighted by molar-refractivity contribution is 7.67. The van der Waals surface area contributed by atoms with E-state index in [1.54, 1.807) is 22.0 Å². The summed E-state index contributed by atoms with van der Waals surface area (Å²) in [5.41, 5.74) is 9.55. The first-order valence-electron chi connectivity index (χ1n) is 13.5. The van der Waals surface area contributed by atoms with Crippen molar-refractivity contribution in [2.75, 3.05) is 0 Å². The summed E-state index contributed by atoms with van der Waals surface area (Å²) in [6.45, 7) is 11.8. The van der Waals surface area contributed by atoms with Crippen LogP contribution >= 0.6 is 7.92 Å². The molecule has 0 amide bonds. The van der Waals surface area contributed by atoms with Gasteiger partial charge >= 0.3 is 0 Å². The standard InChI is InChI=1S/C31H45P/c1-22(2)25-20-24(5)31(29(21-25)23(3)4)28-18-12-13-19-30(28)32(26-14-8-6-9-15-26)27-16-10-7-11-17-27/h12-13,18-23,26-27H,6-11,14-17H2,1-5H3. The number of rotatable bonds is 6. The molecule has 4 rings (SSSR count). The molecule has 2 saturated carbocycles. The molecule has 0 saturated heterocycles. The van der Waals surface area contributed by atoms with E-state index in [9.17, 15) is 0 Å². The number of aryl methyl sites for hydroxylation is 1. The normalized spacial score (nSPS) is 18.8. The van der Waals surface area contributed by atoms with Gasteiger partial charge in [-0.3, -0.25) is 0 Å². The van der Waals surface area contributed by atoms with Gasteiger partial charge in [-0.05, 0) is 88.9 Å². The van der Waals surface area contributed by atoms with Crippen LogP contribution in [-0.4, -0.2) is 11.3 Å². The fourth-order valence-electron chi connectivity index (χ4n) is 6.32. The quantitative estimate of drug-likeness (QED) is 0.386. The molecule has 0 radical (unpaired) electrons. The summed E-state index contributed by atoms with van der Waals surface area (Å²) in [5.74, 6) is 1.13. The molecule has 174 valence electrons. The summed E-state index contributed by atoms with van der Waals surface area (Å²) in [6.07, 6.45) is 14.6. The SMILES string of the molecule is Cc1cc(C(C)C)cc(C(C)C)c1-c1ccccc1P(C1CCCCC1)C1CCCCC1. The van der Waals surface area contributed by atoms with Crippen molar-refractivity contribution < 1.29 is 0 Å². The van der Waals surface area contributed by atoms with Crippen LogP contribution in [0.4, 0.5) is 0 Å². The average molecular weight is 449 g/mol. The topological polar surface area (TPSA) is 0 Å². The Morgan fingerprint density at radius 3 is 1.81 bits per heavy atom. The first-order chi connectivity index (χ1) is 15.5. The van der Waals surface area contributed by atoms with E-state index in [2.05, 4.69) is 71.0 Å². The van der Waals surface area contributed by atoms with Gasteiger partial charge in [-0.15, -0.1) is 0 Å². The molecule has 2 aromatic rings. The van der Waals surface area contributed by atoms with E-state index in [0.29, 0.717) is 11.8 Å². The lowest BCUT2D eigenvalue weighted by Crippen LogP contribution is -2.27. The van der Waals surface area contributed by atoms with E-state index in [-0.39, 0.29) is 7.92 Å². The van der Waals surface area contributed by atoms with Crippen LogP contribution in [0.3, 0.4) is 0 Å². The van der Waals surface area contributed by atoms with Crippen LogP contribution in [0.2, 0.25) is 0 Å². The molecular formula is C31H45P. The van der Waals surface area contributed by atoms with Crippen molar-refractivity contribution in [3.63, 3.8) is 0 Å². The predicted molar refractivity (Wildman–Crippen MR) is 145 cm³/mol. The molecule has 2 aliphatic rings. The highest BCUT2D eigenvalue weighted by Gasteiger charge is 2.34. The van der Waals surface area contributed by atoms with Crippen LogP contribution in [0.25, 0.3) is 11.1 Å². The zero-order chi connectivity index (χ0) is 22.7. The second kappa shape index (κ2) is 10.9. The molecule has 0 atom stereocenters. The van der Waals surface area contributed by atoms with E-state index in [1.807, 2.05) is 0 Å². The van der Waals surface area contributed by atoms with Crippen molar-refractivity contribution >= 4 is 13.2 Å². The van der Waals surface area contributed by atoms with Crippen LogP contribution in [0, 0.1) is 6.92 Å². The summed E-state index contributed by atoms with van der Waals surface area (Å²) in [7, 11) is -0.101. The summed E-state index contributed by atoms with van der Waals surface area (Å²) in [5, 5.41) is 1.74. The minimum absolute atomic E-state index is 0.101. The van der Waals surface area contributed by atoms with Gasteiger partial charge in [0.15, 0.2) is 0 Å². The van der Waals surface area contributed by atoms with Gasteiger partial charge < -0.3 is 0 Å². The van der Waals surface area contributed by atoms with Gasteiger partial charge in [-0.25, -0.2) is 0 Å². The molecule has 32 heavy (non-hydrogen) atoms. The fraction of sp³-hybridized carbons (Fsp3) is 0.613. The van der Waals surface area contributed by atoms with Gasteiger partial charge in [0.1, 0.15) is 0 Å². The minimum atomic E-state index is -0.101. The highest BCUT2D eigenvalue weighted by atomic mass is 31.1. The molecule has 0 unspecified atom stereocenters. The molecule has 0 spiro atoms. The van der Waals surface area contributed by atoms with Gasteiger partial charge in [0.05, 0.1) is 0 Å². The molecule has 2 aromatic carbocycles. The number of hydrogen-bond donors (Lipinski definition) is 0. The van der Waals surface area contributed by atoms with E-state index in [0.717, 1.165) is 11.3 Å². The van der Waals surface area contributed by atoms with E-state index < -0.39 is 0 Å². The molecule has 0 bridgehead atoms. The van der Waals surface area contributed by atoms with Crippen LogP contribution in [0.1, 0.15) is 120 Å². The Labute approximate surface area is 199 Å². The van der Waals surface area contributed by atoms with Crippen molar-refractivity contribution in [2.24, 2.45) is 0 Å². The Hall–Kier alpha value is -1.13. The second-order valence-corrected chi connectivity index (χ2v) is 13.9. The highest BCUT2D eigenvalue weighted by Crippen LogP contribution is 2.56. The maximum Gasteiger partial charge on any atom is -0.0101 e. The molecule has 0 heterocycles. The minimum Gasteiger partial charge on any atom is -0.0683 e. The second-order valence-electron chi connectivity index (χ2n) is 11.1. The Bertz CT molecular complexity index is 863. The third-order valence-corrected chi connectivity index (χ3v) is 11.6. The molecule has 0 N–H and O–H groups in total. The number of benzene rings is 2. The fourth-order valence-corrected chi connectivity index (χ4v) is 10.3. The van der Waals surface area contributed by atoms with Crippen molar-refractivity contribution in [1.82, 2.24) is 0 Å². The first-order valence-corrected chi connectivity index (χ1v) is 15.0. The van der Waals surface area contributed by atoms with Gasteiger partial charge in [0.25, 0.3) is 0 Å². The predicted octanol–water partition coefficient (Wildman–Crippen LogP) is 9.68. The van der Waals surface area contributed by atoms with E-state index in [4.69, 9.17) is 0 Å².